The molecule has 106 valence electrons. The minimum absolute atomic E-state index is 0.0227. The second-order valence-corrected chi connectivity index (χ2v) is 7.22. The average Bonchev–Trinajstić information content (AvgIpc) is 2.98. The van der Waals surface area contributed by atoms with Gasteiger partial charge in [0.25, 0.3) is 0 Å². The zero-order valence-electron chi connectivity index (χ0n) is 11.4. The van der Waals surface area contributed by atoms with E-state index in [-0.39, 0.29) is 24.1 Å². The molecule has 3 aliphatic heterocycles. The summed E-state index contributed by atoms with van der Waals surface area (Å²) in [6, 6.07) is 8.82. The third kappa shape index (κ3) is 1.89. The first-order valence-electron chi connectivity index (χ1n) is 7.46. The number of carbonyl (C=O) groups excluding carboxylic acids is 1. The first-order chi connectivity index (χ1) is 9.74. The summed E-state index contributed by atoms with van der Waals surface area (Å²) in [7, 11) is 0. The van der Waals surface area contributed by atoms with Crippen LogP contribution >= 0.6 is 11.8 Å². The molecule has 3 unspecified atom stereocenters. The van der Waals surface area contributed by atoms with Gasteiger partial charge in [-0.1, -0.05) is 18.2 Å². The van der Waals surface area contributed by atoms with E-state index in [0.717, 1.165) is 31.4 Å². The third-order valence-corrected chi connectivity index (χ3v) is 6.14. The summed E-state index contributed by atoms with van der Waals surface area (Å²) in [5.74, 6) is 1.19. The predicted octanol–water partition coefficient (Wildman–Crippen LogP) is 2.39. The molecule has 3 heterocycles. The van der Waals surface area contributed by atoms with Gasteiger partial charge >= 0.3 is 0 Å². The van der Waals surface area contributed by atoms with Crippen LogP contribution in [0.5, 0.6) is 0 Å². The van der Waals surface area contributed by atoms with Gasteiger partial charge in [-0.15, -0.1) is 11.8 Å². The largest absolute Gasteiger partial charge is 0.393 e. The number of thioether (sulfide) groups is 1. The van der Waals surface area contributed by atoms with Crippen LogP contribution < -0.4 is 0 Å². The maximum absolute atomic E-state index is 13.0. The quantitative estimate of drug-likeness (QED) is 0.863. The van der Waals surface area contributed by atoms with E-state index >= 15 is 0 Å². The molecule has 20 heavy (non-hydrogen) atoms. The SMILES string of the molecule is O=C(C1CSc2ccccc21)N1C2CCC1CC(O)C2. The van der Waals surface area contributed by atoms with Crippen LogP contribution in [-0.4, -0.2) is 39.9 Å². The Morgan fingerprint density at radius 3 is 2.65 bits per heavy atom. The molecule has 1 aromatic rings. The second kappa shape index (κ2) is 4.78. The number of piperidine rings is 1. The summed E-state index contributed by atoms with van der Waals surface area (Å²) in [6.07, 6.45) is 3.46. The van der Waals surface area contributed by atoms with Gasteiger partial charge in [-0.2, -0.15) is 0 Å². The predicted molar refractivity (Wildman–Crippen MR) is 78.8 cm³/mol. The Kier molecular flexibility index (Phi) is 3.04. The number of aliphatic hydroxyl groups excluding tert-OH is 1. The van der Waals surface area contributed by atoms with Crippen LogP contribution in [0.25, 0.3) is 0 Å². The van der Waals surface area contributed by atoms with Gasteiger partial charge in [0.05, 0.1) is 12.0 Å². The lowest BCUT2D eigenvalue weighted by molar-refractivity contribution is -0.138. The Morgan fingerprint density at radius 1 is 1.20 bits per heavy atom. The standard InChI is InChI=1S/C16H19NO2S/c18-12-7-10-5-6-11(8-12)17(10)16(19)14-9-20-15-4-2-1-3-13(14)15/h1-4,10-12,14,18H,5-9H2. The van der Waals surface area contributed by atoms with Gasteiger partial charge in [-0.05, 0) is 37.3 Å². The molecule has 1 aromatic carbocycles. The molecule has 2 fully saturated rings. The van der Waals surface area contributed by atoms with Crippen LogP contribution in [0.3, 0.4) is 0 Å². The van der Waals surface area contributed by atoms with Crippen LogP contribution in [0.1, 0.15) is 37.2 Å². The highest BCUT2D eigenvalue weighted by Crippen LogP contribution is 2.43. The van der Waals surface area contributed by atoms with Crippen molar-refractivity contribution in [3.63, 3.8) is 0 Å². The molecule has 0 radical (unpaired) electrons. The molecule has 2 bridgehead atoms. The average molecular weight is 289 g/mol. The molecule has 4 heteroatoms. The molecular formula is C16H19NO2S. The first-order valence-corrected chi connectivity index (χ1v) is 8.44. The Balaban J connectivity index is 1.60. The maximum atomic E-state index is 13.0. The molecule has 1 N–H and O–H groups in total. The number of hydrogen-bond acceptors (Lipinski definition) is 3. The van der Waals surface area contributed by atoms with Crippen molar-refractivity contribution in [2.75, 3.05) is 5.75 Å². The molecule has 1 amide bonds. The van der Waals surface area contributed by atoms with Crippen molar-refractivity contribution in [3.05, 3.63) is 29.8 Å². The normalized spacial score (nSPS) is 35.1. The van der Waals surface area contributed by atoms with E-state index in [1.165, 1.54) is 10.5 Å². The zero-order valence-corrected chi connectivity index (χ0v) is 12.2. The van der Waals surface area contributed by atoms with Crippen molar-refractivity contribution in [1.29, 1.82) is 0 Å². The van der Waals surface area contributed by atoms with E-state index < -0.39 is 0 Å². The highest BCUT2D eigenvalue weighted by Gasteiger charge is 2.45. The fourth-order valence-electron chi connectivity index (χ4n) is 4.06. The number of hydrogen-bond donors (Lipinski definition) is 1. The fraction of sp³-hybridized carbons (Fsp3) is 0.562. The van der Waals surface area contributed by atoms with E-state index in [2.05, 4.69) is 17.0 Å². The van der Waals surface area contributed by atoms with Gasteiger partial charge in [0, 0.05) is 22.7 Å². The van der Waals surface area contributed by atoms with Crippen molar-refractivity contribution in [2.45, 2.75) is 54.7 Å². The van der Waals surface area contributed by atoms with E-state index in [1.807, 2.05) is 12.1 Å². The lowest BCUT2D eigenvalue weighted by Crippen LogP contribution is -2.49. The molecule has 3 atom stereocenters. The van der Waals surface area contributed by atoms with E-state index in [1.54, 1.807) is 11.8 Å². The van der Waals surface area contributed by atoms with Crippen LogP contribution in [0.2, 0.25) is 0 Å². The molecule has 0 aliphatic carbocycles. The number of fused-ring (bicyclic) bond motifs is 3. The van der Waals surface area contributed by atoms with Crippen LogP contribution in [0.4, 0.5) is 0 Å². The van der Waals surface area contributed by atoms with Crippen LogP contribution in [-0.2, 0) is 4.79 Å². The van der Waals surface area contributed by atoms with Gasteiger partial charge in [0.15, 0.2) is 0 Å². The minimum Gasteiger partial charge on any atom is -0.393 e. The molecule has 3 nitrogen and oxygen atoms in total. The van der Waals surface area contributed by atoms with Gasteiger partial charge in [0.2, 0.25) is 5.91 Å². The Hall–Kier alpha value is -1.00. The number of nitrogens with zero attached hydrogens (tertiary/aromatic N) is 1. The van der Waals surface area contributed by atoms with Crippen LogP contribution in [0.15, 0.2) is 29.2 Å². The molecule has 3 aliphatic rings. The summed E-state index contributed by atoms with van der Waals surface area (Å²) >= 11 is 1.79. The molecule has 2 saturated heterocycles. The Morgan fingerprint density at radius 2 is 1.90 bits per heavy atom. The summed E-state index contributed by atoms with van der Waals surface area (Å²) in [6.45, 7) is 0. The smallest absolute Gasteiger partial charge is 0.231 e. The van der Waals surface area contributed by atoms with Gasteiger partial charge in [-0.3, -0.25) is 4.79 Å². The monoisotopic (exact) mass is 289 g/mol. The maximum Gasteiger partial charge on any atom is 0.231 e. The third-order valence-electron chi connectivity index (χ3n) is 4.96. The van der Waals surface area contributed by atoms with E-state index in [0.29, 0.717) is 5.91 Å². The summed E-state index contributed by atoms with van der Waals surface area (Å²) in [5, 5.41) is 9.87. The molecule has 0 aromatic heterocycles. The number of amides is 1. The van der Waals surface area contributed by atoms with Crippen molar-refractivity contribution >= 4 is 17.7 Å². The summed E-state index contributed by atoms with van der Waals surface area (Å²) in [5.41, 5.74) is 1.20. The zero-order chi connectivity index (χ0) is 13.7. The van der Waals surface area contributed by atoms with Gasteiger partial charge in [-0.25, -0.2) is 0 Å². The van der Waals surface area contributed by atoms with Crippen LogP contribution in [0, 0.1) is 0 Å². The number of benzene rings is 1. The van der Waals surface area contributed by atoms with E-state index in [4.69, 9.17) is 0 Å². The molecule has 4 rings (SSSR count). The molecular weight excluding hydrogens is 270 g/mol. The lowest BCUT2D eigenvalue weighted by atomic mass is 9.94. The minimum atomic E-state index is -0.207. The highest BCUT2D eigenvalue weighted by atomic mass is 32.2. The molecule has 0 spiro atoms. The van der Waals surface area contributed by atoms with Crippen molar-refractivity contribution in [3.8, 4) is 0 Å². The topological polar surface area (TPSA) is 40.5 Å². The van der Waals surface area contributed by atoms with Crippen molar-refractivity contribution in [2.24, 2.45) is 0 Å². The molecule has 0 saturated carbocycles. The van der Waals surface area contributed by atoms with Gasteiger partial charge in [0.1, 0.15) is 0 Å². The van der Waals surface area contributed by atoms with Crippen molar-refractivity contribution in [1.82, 2.24) is 4.90 Å². The Labute approximate surface area is 123 Å². The van der Waals surface area contributed by atoms with E-state index in [9.17, 15) is 9.90 Å². The van der Waals surface area contributed by atoms with Crippen molar-refractivity contribution < 1.29 is 9.90 Å². The fourth-order valence-corrected chi connectivity index (χ4v) is 5.28. The summed E-state index contributed by atoms with van der Waals surface area (Å²) in [4.78, 5) is 16.3. The number of carbonyl (C=O) groups is 1. The second-order valence-electron chi connectivity index (χ2n) is 6.16. The van der Waals surface area contributed by atoms with Gasteiger partial charge < -0.3 is 10.0 Å². The highest BCUT2D eigenvalue weighted by molar-refractivity contribution is 7.99. The number of aliphatic hydroxyl groups is 1. The lowest BCUT2D eigenvalue weighted by Gasteiger charge is -2.38. The first kappa shape index (κ1) is 12.7. The number of rotatable bonds is 1. The summed E-state index contributed by atoms with van der Waals surface area (Å²) < 4.78 is 0. The Bertz CT molecular complexity index is 533.